The van der Waals surface area contributed by atoms with Crippen molar-refractivity contribution in [2.75, 3.05) is 60.6 Å². The first-order valence-electron chi connectivity index (χ1n) is 10.4. The van der Waals surface area contributed by atoms with Crippen LogP contribution in [0.2, 0.25) is 0 Å². The third kappa shape index (κ3) is 3.58. The number of pyridine rings is 1. The average molecular weight is 391 g/mol. The van der Waals surface area contributed by atoms with Crippen molar-refractivity contribution in [3.63, 3.8) is 0 Å². The molecule has 0 atom stereocenters. The zero-order valence-corrected chi connectivity index (χ0v) is 16.5. The van der Waals surface area contributed by atoms with E-state index in [4.69, 9.17) is 14.7 Å². The normalized spacial score (nSPS) is 19.2. The van der Waals surface area contributed by atoms with Gasteiger partial charge in [0.05, 0.1) is 24.5 Å². The minimum Gasteiger partial charge on any atom is -0.376 e. The van der Waals surface area contributed by atoms with Gasteiger partial charge in [0.25, 0.3) is 0 Å². The molecule has 150 valence electrons. The van der Waals surface area contributed by atoms with Crippen molar-refractivity contribution in [1.82, 2.24) is 15.0 Å². The van der Waals surface area contributed by atoms with E-state index in [1.807, 2.05) is 18.3 Å². The molecule has 0 saturated carbocycles. The van der Waals surface area contributed by atoms with Gasteiger partial charge in [0.1, 0.15) is 17.7 Å². The molecule has 5 heterocycles. The second-order valence-corrected chi connectivity index (χ2v) is 7.76. The van der Waals surface area contributed by atoms with Crippen LogP contribution in [0.25, 0.3) is 0 Å². The van der Waals surface area contributed by atoms with E-state index in [-0.39, 0.29) is 0 Å². The molecule has 2 aromatic rings. The molecule has 5 rings (SSSR count). The van der Waals surface area contributed by atoms with Gasteiger partial charge in [-0.25, -0.2) is 9.97 Å². The average Bonchev–Trinajstić information content (AvgIpc) is 3.33. The van der Waals surface area contributed by atoms with Gasteiger partial charge in [-0.05, 0) is 25.0 Å². The Hall–Kier alpha value is -2.92. The lowest BCUT2D eigenvalue weighted by atomic mass is 10.1. The molecule has 8 heteroatoms. The van der Waals surface area contributed by atoms with Gasteiger partial charge < -0.3 is 19.4 Å². The van der Waals surface area contributed by atoms with Crippen molar-refractivity contribution in [2.24, 2.45) is 0 Å². The molecule has 0 bridgehead atoms. The molecule has 29 heavy (non-hydrogen) atoms. The molecule has 3 aliphatic rings. The molecule has 3 aliphatic heterocycles. The third-order valence-corrected chi connectivity index (χ3v) is 5.95. The summed E-state index contributed by atoms with van der Waals surface area (Å²) >= 11 is 0. The fourth-order valence-electron chi connectivity index (χ4n) is 4.33. The number of hydrogen-bond acceptors (Lipinski definition) is 8. The Bertz CT molecular complexity index is 927. The molecule has 0 aromatic carbocycles. The summed E-state index contributed by atoms with van der Waals surface area (Å²) in [4.78, 5) is 20.9. The third-order valence-electron chi connectivity index (χ3n) is 5.95. The fourth-order valence-corrected chi connectivity index (χ4v) is 4.33. The number of nitriles is 1. The van der Waals surface area contributed by atoms with Gasteiger partial charge in [-0.2, -0.15) is 10.2 Å². The van der Waals surface area contributed by atoms with Crippen molar-refractivity contribution in [3.05, 3.63) is 35.2 Å². The van der Waals surface area contributed by atoms with Crippen LogP contribution in [0.5, 0.6) is 0 Å². The summed E-state index contributed by atoms with van der Waals surface area (Å²) in [5.74, 6) is 2.63. The molecule has 2 aromatic heterocycles. The molecule has 0 N–H and O–H groups in total. The maximum Gasteiger partial charge on any atom is 0.227 e. The number of nitrogens with zero attached hydrogens (tertiary/aromatic N) is 7. The summed E-state index contributed by atoms with van der Waals surface area (Å²) in [6.07, 6.45) is 5.15. The van der Waals surface area contributed by atoms with Crippen molar-refractivity contribution < 1.29 is 4.74 Å². The Labute approximate surface area is 170 Å². The van der Waals surface area contributed by atoms with Crippen molar-refractivity contribution >= 4 is 17.6 Å². The molecule has 0 aliphatic carbocycles. The first kappa shape index (κ1) is 18.1. The van der Waals surface area contributed by atoms with Crippen LogP contribution in [-0.2, 0) is 17.8 Å². The zero-order chi connectivity index (χ0) is 19.6. The maximum absolute atomic E-state index is 9.62. The summed E-state index contributed by atoms with van der Waals surface area (Å²) in [6, 6.07) is 6.28. The molecular formula is C21H25N7O. The maximum atomic E-state index is 9.62. The molecule has 0 unspecified atom stereocenters. The van der Waals surface area contributed by atoms with Crippen LogP contribution in [0.1, 0.15) is 29.7 Å². The Morgan fingerprint density at radius 1 is 0.966 bits per heavy atom. The van der Waals surface area contributed by atoms with Crippen LogP contribution in [0, 0.1) is 11.3 Å². The molecule has 0 spiro atoms. The number of piperazine rings is 1. The summed E-state index contributed by atoms with van der Waals surface area (Å²) in [5.41, 5.74) is 2.74. The second-order valence-electron chi connectivity index (χ2n) is 7.76. The van der Waals surface area contributed by atoms with Crippen LogP contribution in [0.3, 0.4) is 0 Å². The molecule has 0 amide bonds. The van der Waals surface area contributed by atoms with E-state index in [1.54, 1.807) is 0 Å². The number of hydrogen-bond donors (Lipinski definition) is 0. The molecule has 2 saturated heterocycles. The lowest BCUT2D eigenvalue weighted by molar-refractivity contribution is 0.109. The van der Waals surface area contributed by atoms with Gasteiger partial charge in [-0.15, -0.1) is 0 Å². The van der Waals surface area contributed by atoms with Crippen LogP contribution >= 0.6 is 0 Å². The highest BCUT2D eigenvalue weighted by molar-refractivity contribution is 5.57. The van der Waals surface area contributed by atoms with E-state index in [0.717, 1.165) is 74.5 Å². The SMILES string of the molecule is N#Cc1cc2c(nc1N1CCN(c3nccc(N4CCCC4)n3)CC1)CCOC2. The van der Waals surface area contributed by atoms with Gasteiger partial charge in [0.15, 0.2) is 0 Å². The van der Waals surface area contributed by atoms with Crippen molar-refractivity contribution in [2.45, 2.75) is 25.9 Å². The standard InChI is InChI=1S/C21H25N7O/c22-14-16-13-17-15-29-12-4-18(17)24-20(16)27-8-10-28(11-9-27)21-23-5-3-19(25-21)26-6-1-2-7-26/h3,5,13H,1-2,4,6-12,15H2. The van der Waals surface area contributed by atoms with Crippen LogP contribution in [0.15, 0.2) is 18.3 Å². The van der Waals surface area contributed by atoms with Crippen LogP contribution < -0.4 is 14.7 Å². The molecule has 2 fully saturated rings. The number of aromatic nitrogens is 3. The van der Waals surface area contributed by atoms with Gasteiger partial charge in [0, 0.05) is 57.4 Å². The van der Waals surface area contributed by atoms with Crippen molar-refractivity contribution in [1.29, 1.82) is 5.26 Å². The van der Waals surface area contributed by atoms with E-state index < -0.39 is 0 Å². The van der Waals surface area contributed by atoms with Gasteiger partial charge >= 0.3 is 0 Å². The minimum atomic E-state index is 0.551. The first-order valence-corrected chi connectivity index (χ1v) is 10.4. The number of rotatable bonds is 3. The molecular weight excluding hydrogens is 366 g/mol. The van der Waals surface area contributed by atoms with Gasteiger partial charge in [0.2, 0.25) is 5.95 Å². The summed E-state index contributed by atoms with van der Waals surface area (Å²) in [5, 5.41) is 9.62. The Kier molecular flexibility index (Phi) is 4.90. The quantitative estimate of drug-likeness (QED) is 0.783. The van der Waals surface area contributed by atoms with Gasteiger partial charge in [-0.1, -0.05) is 0 Å². The lowest BCUT2D eigenvalue weighted by Crippen LogP contribution is -2.47. The monoisotopic (exact) mass is 391 g/mol. The fraction of sp³-hybridized carbons (Fsp3) is 0.524. The predicted molar refractivity (Wildman–Crippen MR) is 110 cm³/mol. The van der Waals surface area contributed by atoms with Crippen molar-refractivity contribution in [3.8, 4) is 6.07 Å². The summed E-state index contributed by atoms with van der Waals surface area (Å²) in [6.45, 7) is 6.64. The summed E-state index contributed by atoms with van der Waals surface area (Å²) < 4.78 is 5.50. The minimum absolute atomic E-state index is 0.551. The van der Waals surface area contributed by atoms with Gasteiger partial charge in [-0.3, -0.25) is 0 Å². The topological polar surface area (TPSA) is 81.4 Å². The Balaban J connectivity index is 1.31. The highest BCUT2D eigenvalue weighted by Crippen LogP contribution is 2.26. The smallest absolute Gasteiger partial charge is 0.227 e. The van der Waals surface area contributed by atoms with E-state index in [1.165, 1.54) is 12.8 Å². The van der Waals surface area contributed by atoms with E-state index >= 15 is 0 Å². The molecule has 8 nitrogen and oxygen atoms in total. The molecule has 0 radical (unpaired) electrons. The van der Waals surface area contributed by atoms with Crippen LogP contribution in [0.4, 0.5) is 17.6 Å². The predicted octanol–water partition coefficient (Wildman–Crippen LogP) is 1.74. The second kappa shape index (κ2) is 7.84. The van der Waals surface area contributed by atoms with E-state index in [2.05, 4.69) is 25.8 Å². The highest BCUT2D eigenvalue weighted by Gasteiger charge is 2.25. The number of ether oxygens (including phenoxy) is 1. The zero-order valence-electron chi connectivity index (χ0n) is 16.5. The first-order chi connectivity index (χ1) is 14.3. The Morgan fingerprint density at radius 3 is 2.55 bits per heavy atom. The largest absolute Gasteiger partial charge is 0.376 e. The van der Waals surface area contributed by atoms with E-state index in [0.29, 0.717) is 18.8 Å². The number of fused-ring (bicyclic) bond motifs is 1. The Morgan fingerprint density at radius 2 is 1.76 bits per heavy atom. The summed E-state index contributed by atoms with van der Waals surface area (Å²) in [7, 11) is 0. The highest BCUT2D eigenvalue weighted by atomic mass is 16.5. The van der Waals surface area contributed by atoms with Crippen LogP contribution in [-0.4, -0.2) is 60.8 Å². The van der Waals surface area contributed by atoms with E-state index in [9.17, 15) is 5.26 Å². The lowest BCUT2D eigenvalue weighted by Gasteiger charge is -2.36. The number of anilines is 3.